The number of nitrogens with one attached hydrogen (secondary N) is 2. The zero-order valence-electron chi connectivity index (χ0n) is 12.4. The first-order chi connectivity index (χ1) is 10.7. The van der Waals surface area contributed by atoms with Crippen LogP contribution in [-0.4, -0.2) is 11.9 Å². The minimum Gasteiger partial charge on any atom is -0.386 e. The van der Waals surface area contributed by atoms with E-state index in [2.05, 4.69) is 10.6 Å². The van der Waals surface area contributed by atoms with Crippen molar-refractivity contribution in [3.63, 3.8) is 0 Å². The van der Waals surface area contributed by atoms with Crippen LogP contribution in [0.4, 0.5) is 4.39 Å². The molecular formula is C17H20FN3O. The number of benzene rings is 1. The lowest BCUT2D eigenvalue weighted by molar-refractivity contribution is -0.118. The lowest BCUT2D eigenvalue weighted by Gasteiger charge is -2.22. The van der Waals surface area contributed by atoms with Crippen LogP contribution in [0, 0.1) is 17.1 Å². The largest absolute Gasteiger partial charge is 0.386 e. The molecule has 2 rings (SSSR count). The van der Waals surface area contributed by atoms with Crippen LogP contribution in [0.1, 0.15) is 37.7 Å². The Morgan fingerprint density at radius 2 is 1.95 bits per heavy atom. The molecular weight excluding hydrogens is 281 g/mol. The number of nitrogens with zero attached hydrogens (tertiary/aromatic N) is 1. The lowest BCUT2D eigenvalue weighted by atomic mass is 9.95. The number of hydrogen-bond donors (Lipinski definition) is 2. The maximum Gasteiger partial charge on any atom is 0.263 e. The number of nitriles is 1. The molecule has 0 spiro atoms. The van der Waals surface area contributed by atoms with Crippen molar-refractivity contribution in [1.82, 2.24) is 10.6 Å². The topological polar surface area (TPSA) is 64.9 Å². The third-order valence-electron chi connectivity index (χ3n) is 3.77. The smallest absolute Gasteiger partial charge is 0.263 e. The van der Waals surface area contributed by atoms with Gasteiger partial charge < -0.3 is 10.6 Å². The molecule has 0 bridgehead atoms. The van der Waals surface area contributed by atoms with Crippen LogP contribution in [0.25, 0.3) is 0 Å². The Morgan fingerprint density at radius 1 is 1.27 bits per heavy atom. The van der Waals surface area contributed by atoms with Crippen LogP contribution < -0.4 is 10.6 Å². The predicted molar refractivity (Wildman–Crippen MR) is 82.0 cm³/mol. The highest BCUT2D eigenvalue weighted by Crippen LogP contribution is 2.17. The third kappa shape index (κ3) is 4.88. The van der Waals surface area contributed by atoms with Gasteiger partial charge in [-0.3, -0.25) is 4.79 Å². The molecule has 1 amide bonds. The van der Waals surface area contributed by atoms with Crippen molar-refractivity contribution < 1.29 is 9.18 Å². The van der Waals surface area contributed by atoms with E-state index in [1.807, 2.05) is 6.07 Å². The van der Waals surface area contributed by atoms with E-state index in [-0.39, 0.29) is 23.3 Å². The van der Waals surface area contributed by atoms with Gasteiger partial charge in [0.05, 0.1) is 0 Å². The SMILES string of the molecule is N#C/C(=C/NCc1ccc(F)cc1)C(=O)NC1CCCCC1. The lowest BCUT2D eigenvalue weighted by Crippen LogP contribution is -2.37. The summed E-state index contributed by atoms with van der Waals surface area (Å²) in [4.78, 5) is 12.0. The first-order valence-electron chi connectivity index (χ1n) is 7.58. The Bertz CT molecular complexity index is 569. The van der Waals surface area contributed by atoms with Crippen molar-refractivity contribution >= 4 is 5.91 Å². The minimum absolute atomic E-state index is 0.0627. The summed E-state index contributed by atoms with van der Waals surface area (Å²) in [7, 11) is 0. The molecule has 1 aromatic carbocycles. The van der Waals surface area contributed by atoms with Gasteiger partial charge in [-0.05, 0) is 30.5 Å². The monoisotopic (exact) mass is 301 g/mol. The molecule has 0 saturated heterocycles. The number of carbonyl (C=O) groups excluding carboxylic acids is 1. The predicted octanol–water partition coefficient (Wildman–Crippen LogP) is 2.77. The molecule has 4 nitrogen and oxygen atoms in total. The van der Waals surface area contributed by atoms with Crippen LogP contribution in [0.3, 0.4) is 0 Å². The number of halogens is 1. The van der Waals surface area contributed by atoms with Crippen LogP contribution in [-0.2, 0) is 11.3 Å². The molecule has 0 radical (unpaired) electrons. The van der Waals surface area contributed by atoms with E-state index in [9.17, 15) is 9.18 Å². The number of amides is 1. The number of rotatable bonds is 5. The molecule has 2 N–H and O–H groups in total. The van der Waals surface area contributed by atoms with Crippen molar-refractivity contribution in [2.75, 3.05) is 0 Å². The van der Waals surface area contributed by atoms with Crippen LogP contribution in [0.2, 0.25) is 0 Å². The average molecular weight is 301 g/mol. The Hall–Kier alpha value is -2.35. The Balaban J connectivity index is 1.85. The van der Waals surface area contributed by atoms with Gasteiger partial charge in [-0.25, -0.2) is 4.39 Å². The number of carbonyl (C=O) groups is 1. The first-order valence-corrected chi connectivity index (χ1v) is 7.58. The fourth-order valence-electron chi connectivity index (χ4n) is 2.53. The molecule has 1 aliphatic carbocycles. The fraction of sp³-hybridized carbons (Fsp3) is 0.412. The highest BCUT2D eigenvalue weighted by molar-refractivity contribution is 5.97. The molecule has 5 heteroatoms. The van der Waals surface area contributed by atoms with E-state index in [0.29, 0.717) is 6.54 Å². The molecule has 1 aliphatic rings. The Labute approximate surface area is 130 Å². The maximum absolute atomic E-state index is 12.8. The highest BCUT2D eigenvalue weighted by atomic mass is 19.1. The summed E-state index contributed by atoms with van der Waals surface area (Å²) in [5.74, 6) is -0.620. The molecule has 1 saturated carbocycles. The summed E-state index contributed by atoms with van der Waals surface area (Å²) in [5.41, 5.74) is 0.940. The van der Waals surface area contributed by atoms with E-state index < -0.39 is 0 Å². The van der Waals surface area contributed by atoms with E-state index in [4.69, 9.17) is 5.26 Å². The summed E-state index contributed by atoms with van der Waals surface area (Å²) < 4.78 is 12.8. The molecule has 0 atom stereocenters. The molecule has 1 fully saturated rings. The highest BCUT2D eigenvalue weighted by Gasteiger charge is 2.17. The third-order valence-corrected chi connectivity index (χ3v) is 3.77. The van der Waals surface area contributed by atoms with Gasteiger partial charge >= 0.3 is 0 Å². The molecule has 116 valence electrons. The van der Waals surface area contributed by atoms with E-state index in [1.54, 1.807) is 12.1 Å². The summed E-state index contributed by atoms with van der Waals surface area (Å²) in [6, 6.07) is 8.16. The second kappa shape index (κ2) is 8.18. The van der Waals surface area contributed by atoms with Gasteiger partial charge in [-0.2, -0.15) is 5.26 Å². The van der Waals surface area contributed by atoms with Crippen molar-refractivity contribution in [2.24, 2.45) is 0 Å². The van der Waals surface area contributed by atoms with Gasteiger partial charge in [0, 0.05) is 18.8 Å². The van der Waals surface area contributed by atoms with Crippen molar-refractivity contribution in [3.05, 3.63) is 47.4 Å². The minimum atomic E-state index is -0.332. The summed E-state index contributed by atoms with van der Waals surface area (Å²) >= 11 is 0. The van der Waals surface area contributed by atoms with E-state index >= 15 is 0 Å². The molecule has 0 aliphatic heterocycles. The first kappa shape index (κ1) is 16.0. The zero-order valence-corrected chi connectivity index (χ0v) is 12.4. The second-order valence-electron chi connectivity index (χ2n) is 5.49. The van der Waals surface area contributed by atoms with Crippen LogP contribution in [0.5, 0.6) is 0 Å². The number of hydrogen-bond acceptors (Lipinski definition) is 3. The maximum atomic E-state index is 12.8. The van der Waals surface area contributed by atoms with Crippen molar-refractivity contribution in [2.45, 2.75) is 44.7 Å². The van der Waals surface area contributed by atoms with Crippen molar-refractivity contribution in [3.8, 4) is 6.07 Å². The standard InChI is InChI=1S/C17H20FN3O/c18-15-8-6-13(7-9-15)11-20-12-14(10-19)17(22)21-16-4-2-1-3-5-16/h6-9,12,16,20H,1-5,11H2,(H,21,22)/b14-12-. The van der Waals surface area contributed by atoms with Gasteiger partial charge in [0.15, 0.2) is 0 Å². The fourth-order valence-corrected chi connectivity index (χ4v) is 2.53. The van der Waals surface area contributed by atoms with Gasteiger partial charge in [-0.15, -0.1) is 0 Å². The zero-order chi connectivity index (χ0) is 15.8. The van der Waals surface area contributed by atoms with Gasteiger partial charge in [0.1, 0.15) is 17.5 Å². The van der Waals surface area contributed by atoms with Gasteiger partial charge in [0.25, 0.3) is 5.91 Å². The molecule has 0 unspecified atom stereocenters. The summed E-state index contributed by atoms with van der Waals surface area (Å²) in [6.45, 7) is 0.433. The van der Waals surface area contributed by atoms with Gasteiger partial charge in [0.2, 0.25) is 0 Å². The Morgan fingerprint density at radius 3 is 2.59 bits per heavy atom. The normalized spacial score (nSPS) is 15.9. The van der Waals surface area contributed by atoms with E-state index in [1.165, 1.54) is 24.8 Å². The Kier molecular flexibility index (Phi) is 5.96. The quantitative estimate of drug-likeness (QED) is 0.649. The molecule has 0 aromatic heterocycles. The van der Waals surface area contributed by atoms with Gasteiger partial charge in [-0.1, -0.05) is 31.4 Å². The second-order valence-corrected chi connectivity index (χ2v) is 5.49. The summed E-state index contributed by atoms with van der Waals surface area (Å²) in [5, 5.41) is 14.9. The van der Waals surface area contributed by atoms with Crippen LogP contribution >= 0.6 is 0 Å². The molecule has 22 heavy (non-hydrogen) atoms. The van der Waals surface area contributed by atoms with Crippen molar-refractivity contribution in [1.29, 1.82) is 5.26 Å². The summed E-state index contributed by atoms with van der Waals surface area (Å²) in [6.07, 6.45) is 6.84. The molecule has 0 heterocycles. The van der Waals surface area contributed by atoms with E-state index in [0.717, 1.165) is 31.2 Å². The molecule has 1 aromatic rings. The average Bonchev–Trinajstić information content (AvgIpc) is 2.54. The van der Waals surface area contributed by atoms with Crippen LogP contribution in [0.15, 0.2) is 36.0 Å².